The lowest BCUT2D eigenvalue weighted by Gasteiger charge is -2.09. The molecule has 1 N–H and O–H groups in total. The number of carbonyl (C=O) groups is 1. The molecule has 25 heavy (non-hydrogen) atoms. The molecule has 0 fully saturated rings. The largest absolute Gasteiger partial charge is 0.463 e. The number of pyridine rings is 1. The maximum absolute atomic E-state index is 12.6. The molecule has 1 amide bonds. The van der Waals surface area contributed by atoms with Gasteiger partial charge in [0.2, 0.25) is 5.91 Å². The number of hydrogen-bond acceptors (Lipinski definition) is 5. The van der Waals surface area contributed by atoms with Crippen LogP contribution in [0.5, 0.6) is 0 Å². The van der Waals surface area contributed by atoms with Gasteiger partial charge in [0.1, 0.15) is 17.9 Å². The summed E-state index contributed by atoms with van der Waals surface area (Å²) in [4.78, 5) is 28.7. The van der Waals surface area contributed by atoms with Crippen LogP contribution in [0.15, 0.2) is 52.1 Å². The third kappa shape index (κ3) is 2.67. The van der Waals surface area contributed by atoms with E-state index in [1.165, 1.54) is 4.68 Å². The molecule has 4 aromatic rings. The molecule has 0 atom stereocenters. The molecule has 0 unspecified atom stereocenters. The van der Waals surface area contributed by atoms with E-state index in [1.54, 1.807) is 48.2 Å². The van der Waals surface area contributed by atoms with Crippen LogP contribution >= 0.6 is 0 Å². The Hall–Kier alpha value is -3.42. The first-order chi connectivity index (χ1) is 12.1. The average molecular weight is 337 g/mol. The van der Waals surface area contributed by atoms with Crippen LogP contribution in [-0.4, -0.2) is 25.1 Å². The lowest BCUT2D eigenvalue weighted by molar-refractivity contribution is -0.122. The third-order valence-electron chi connectivity index (χ3n) is 3.97. The van der Waals surface area contributed by atoms with Gasteiger partial charge in [0, 0.05) is 31.1 Å². The standard InChI is InChI=1S/C17H15N5O3/c1-11-20-21(10-16(23)19-9-12-3-2-5-18-8-12)17(24)14-7-15-13(22(11)14)4-6-25-15/h2-8H,9-10H2,1H3,(H,19,23). The fourth-order valence-electron chi connectivity index (χ4n) is 2.83. The van der Waals surface area contributed by atoms with Crippen LogP contribution in [0.25, 0.3) is 16.6 Å². The number of nitrogens with zero attached hydrogens (tertiary/aromatic N) is 4. The topological polar surface area (TPSA) is 94.4 Å². The fourth-order valence-corrected chi connectivity index (χ4v) is 2.83. The summed E-state index contributed by atoms with van der Waals surface area (Å²) in [6.07, 6.45) is 4.91. The summed E-state index contributed by atoms with van der Waals surface area (Å²) in [5.41, 5.74) is 2.37. The van der Waals surface area contributed by atoms with Gasteiger partial charge >= 0.3 is 0 Å². The number of hydrogen-bond donors (Lipinski definition) is 1. The summed E-state index contributed by atoms with van der Waals surface area (Å²) in [5, 5.41) is 7.01. The van der Waals surface area contributed by atoms with Gasteiger partial charge in [-0.25, -0.2) is 4.68 Å². The molecule has 4 heterocycles. The Morgan fingerprint density at radius 1 is 1.32 bits per heavy atom. The Morgan fingerprint density at radius 2 is 2.20 bits per heavy atom. The molecule has 0 aliphatic heterocycles. The summed E-state index contributed by atoms with van der Waals surface area (Å²) >= 11 is 0. The van der Waals surface area contributed by atoms with Gasteiger partial charge in [-0.2, -0.15) is 5.10 Å². The number of furan rings is 1. The molecule has 8 nitrogen and oxygen atoms in total. The molecule has 4 rings (SSSR count). The van der Waals surface area contributed by atoms with Gasteiger partial charge in [-0.1, -0.05) is 6.07 Å². The van der Waals surface area contributed by atoms with Crippen LogP contribution in [-0.2, 0) is 17.9 Å². The third-order valence-corrected chi connectivity index (χ3v) is 3.97. The smallest absolute Gasteiger partial charge is 0.291 e. The molecule has 8 heteroatoms. The average Bonchev–Trinajstić information content (AvgIpc) is 3.19. The van der Waals surface area contributed by atoms with Crippen LogP contribution in [0, 0.1) is 6.92 Å². The lowest BCUT2D eigenvalue weighted by Crippen LogP contribution is -2.34. The number of rotatable bonds is 4. The van der Waals surface area contributed by atoms with E-state index in [0.717, 1.165) is 11.1 Å². The van der Waals surface area contributed by atoms with Gasteiger partial charge < -0.3 is 9.73 Å². The molecule has 0 aliphatic carbocycles. The number of aromatic nitrogens is 4. The van der Waals surface area contributed by atoms with Crippen LogP contribution in [0.2, 0.25) is 0 Å². The Morgan fingerprint density at radius 3 is 3.00 bits per heavy atom. The molecule has 126 valence electrons. The van der Waals surface area contributed by atoms with E-state index < -0.39 is 0 Å². The second-order valence-corrected chi connectivity index (χ2v) is 5.68. The van der Waals surface area contributed by atoms with Crippen LogP contribution in [0.1, 0.15) is 11.4 Å². The predicted octanol–water partition coefficient (Wildman–Crippen LogP) is 1.26. The van der Waals surface area contributed by atoms with E-state index >= 15 is 0 Å². The van der Waals surface area contributed by atoms with Crippen molar-refractivity contribution in [1.82, 2.24) is 24.5 Å². The summed E-state index contributed by atoms with van der Waals surface area (Å²) in [6.45, 7) is 1.98. The highest BCUT2D eigenvalue weighted by Crippen LogP contribution is 2.19. The zero-order chi connectivity index (χ0) is 17.4. The van der Waals surface area contributed by atoms with Crippen molar-refractivity contribution < 1.29 is 9.21 Å². The summed E-state index contributed by atoms with van der Waals surface area (Å²) in [5.74, 6) is 0.309. The SMILES string of the molecule is Cc1nn(CC(=O)NCc2cccnc2)c(=O)c2cc3occc3n12. The van der Waals surface area contributed by atoms with Crippen LogP contribution in [0.3, 0.4) is 0 Å². The van der Waals surface area contributed by atoms with Gasteiger partial charge in [-0.05, 0) is 18.6 Å². The van der Waals surface area contributed by atoms with Crippen molar-refractivity contribution in [1.29, 1.82) is 0 Å². The van der Waals surface area contributed by atoms with Crippen LogP contribution < -0.4 is 10.9 Å². The van der Waals surface area contributed by atoms with Gasteiger partial charge in [0.15, 0.2) is 5.58 Å². The highest BCUT2D eigenvalue weighted by atomic mass is 16.3. The second kappa shape index (κ2) is 5.90. The molecule has 0 saturated heterocycles. The lowest BCUT2D eigenvalue weighted by atomic mass is 10.3. The first-order valence-corrected chi connectivity index (χ1v) is 7.75. The highest BCUT2D eigenvalue weighted by molar-refractivity contribution is 5.82. The van der Waals surface area contributed by atoms with Crippen molar-refractivity contribution in [3.8, 4) is 0 Å². The van der Waals surface area contributed by atoms with E-state index in [2.05, 4.69) is 15.4 Å². The molecule has 0 saturated carbocycles. The number of aryl methyl sites for hydroxylation is 1. The van der Waals surface area contributed by atoms with Gasteiger partial charge in [0.05, 0.1) is 11.8 Å². The highest BCUT2D eigenvalue weighted by Gasteiger charge is 2.15. The Balaban J connectivity index is 1.60. The van der Waals surface area contributed by atoms with Crippen LogP contribution in [0.4, 0.5) is 0 Å². The molecule has 0 aromatic carbocycles. The minimum absolute atomic E-state index is 0.150. The van der Waals surface area contributed by atoms with E-state index in [0.29, 0.717) is 23.5 Å². The predicted molar refractivity (Wildman–Crippen MR) is 90.0 cm³/mol. The van der Waals surface area contributed by atoms with Crippen molar-refractivity contribution in [3.05, 3.63) is 64.7 Å². The van der Waals surface area contributed by atoms with E-state index in [-0.39, 0.29) is 18.0 Å². The van der Waals surface area contributed by atoms with Crippen molar-refractivity contribution >= 4 is 22.5 Å². The van der Waals surface area contributed by atoms with Crippen molar-refractivity contribution in [2.45, 2.75) is 20.0 Å². The quantitative estimate of drug-likeness (QED) is 0.605. The number of nitrogens with one attached hydrogen (secondary N) is 1. The molecule has 0 spiro atoms. The normalized spacial score (nSPS) is 11.2. The molecule has 0 aliphatic rings. The van der Waals surface area contributed by atoms with Crippen molar-refractivity contribution in [2.75, 3.05) is 0 Å². The number of fused-ring (bicyclic) bond motifs is 3. The summed E-state index contributed by atoms with van der Waals surface area (Å²) in [7, 11) is 0. The van der Waals surface area contributed by atoms with Crippen molar-refractivity contribution in [2.24, 2.45) is 0 Å². The molecule has 4 aromatic heterocycles. The maximum Gasteiger partial charge on any atom is 0.291 e. The zero-order valence-electron chi connectivity index (χ0n) is 13.5. The fraction of sp³-hybridized carbons (Fsp3) is 0.176. The number of carbonyl (C=O) groups excluding carboxylic acids is 1. The van der Waals surface area contributed by atoms with Crippen molar-refractivity contribution in [3.63, 3.8) is 0 Å². The van der Waals surface area contributed by atoms with E-state index in [1.807, 2.05) is 6.07 Å². The first-order valence-electron chi connectivity index (χ1n) is 7.75. The van der Waals surface area contributed by atoms with E-state index in [9.17, 15) is 9.59 Å². The summed E-state index contributed by atoms with van der Waals surface area (Å²) in [6, 6.07) is 7.11. The number of amides is 1. The second-order valence-electron chi connectivity index (χ2n) is 5.68. The Kier molecular flexibility index (Phi) is 3.57. The van der Waals surface area contributed by atoms with Gasteiger partial charge in [0.25, 0.3) is 5.56 Å². The minimum atomic E-state index is -0.339. The minimum Gasteiger partial charge on any atom is -0.463 e. The van der Waals surface area contributed by atoms with E-state index in [4.69, 9.17) is 4.42 Å². The molecular formula is C17H15N5O3. The first kappa shape index (κ1) is 15.1. The Labute approximate surface area is 141 Å². The van der Waals surface area contributed by atoms with Gasteiger partial charge in [-0.3, -0.25) is 19.0 Å². The monoisotopic (exact) mass is 337 g/mol. The molecule has 0 radical (unpaired) electrons. The zero-order valence-corrected chi connectivity index (χ0v) is 13.5. The Bertz CT molecular complexity index is 1120. The summed E-state index contributed by atoms with van der Waals surface area (Å²) < 4.78 is 8.24. The maximum atomic E-state index is 12.6. The molecular weight excluding hydrogens is 322 g/mol. The van der Waals surface area contributed by atoms with Gasteiger partial charge in [-0.15, -0.1) is 0 Å². The molecule has 0 bridgehead atoms.